The van der Waals surface area contributed by atoms with Crippen LogP contribution in [0.4, 0.5) is 0 Å². The molecule has 4 aliphatic rings. The van der Waals surface area contributed by atoms with Crippen LogP contribution in [0.1, 0.15) is 139 Å². The van der Waals surface area contributed by atoms with Crippen LogP contribution in [0.25, 0.3) is 87.6 Å². The summed E-state index contributed by atoms with van der Waals surface area (Å²) in [6, 6.07) is 166. The third-order valence-corrected chi connectivity index (χ3v) is 29.7. The van der Waals surface area contributed by atoms with Crippen LogP contribution in [0.5, 0.6) is 23.0 Å². The highest BCUT2D eigenvalue weighted by Gasteiger charge is 2.53. The largest absolute Gasteiger partial charge is 0.481 e. The number of hydrogen-bond donors (Lipinski definition) is 0. The smallest absolute Gasteiger partial charge is 0.149 e. The SMILES string of the molecule is CC#CCOc1ccc2cc(C3(c4ccc(C(c5ccc(C6(c7ccc8cc(OCC#CC)ccc8c7)c7ccccc7-c7ccccc76)cc5)(c5ccc(C6(c7ccc8cc(OCC#CC)ccc8c7)c7ccccc7-c7ccccc76)cc5)c5ccc(C6(c7ccc8cc(OCC#CC)ccc8c7)c7ccccc7-c7ccccc76)cc5)cc4)c4ccccc4-c4ccccc43)ccc2c1. The Morgan fingerprint density at radius 3 is 0.518 bits per heavy atom. The molecule has 0 bridgehead atoms. The number of fused-ring (bicyclic) bond motifs is 16. The van der Waals surface area contributed by atoms with Crippen molar-refractivity contribution in [3.63, 3.8) is 0 Å². The predicted octanol–water partition coefficient (Wildman–Crippen LogP) is 29.7. The van der Waals surface area contributed by atoms with Crippen LogP contribution in [0, 0.1) is 47.4 Å². The number of rotatable bonds is 20. The van der Waals surface area contributed by atoms with E-state index in [0.29, 0.717) is 26.4 Å². The Bertz CT molecular complexity index is 7370. The van der Waals surface area contributed by atoms with E-state index >= 15 is 0 Å². The second-order valence-electron chi connectivity index (χ2n) is 36.2. The third-order valence-electron chi connectivity index (χ3n) is 29.7. The van der Waals surface area contributed by atoms with Crippen molar-refractivity contribution in [1.29, 1.82) is 0 Å². The van der Waals surface area contributed by atoms with E-state index in [1.54, 1.807) is 0 Å². The first-order chi connectivity index (χ1) is 67.7. The summed E-state index contributed by atoms with van der Waals surface area (Å²) in [6.07, 6.45) is 0. The molecule has 0 aliphatic heterocycles. The standard InChI is InChI=1S/C133H92O4/c1-5-9-77-134-109-73-49-89-81-105(53-45-93(89)85-109)130(121-37-21-13-29-113(121)114-30-14-22-38-122(114)130)101-65-57-97(58-66-101)129(98-59-67-102(68-60-98)131(123-39-23-15-31-115(123)116-32-16-24-40-124(116)131)106-54-46-94-86-110(135-78-10-6-2)74-50-90(94)82-106,99-61-69-103(70-62-99)132(125-41-25-17-33-117(125)118-34-18-26-42-126(118)132)107-55-47-95-87-111(136-79-11-7-3)75-51-91(95)83-107)100-63-71-104(72-64-100)133(127-43-27-19-35-119(127)120-36-20-28-44-128(120)133)108-56-48-96-88-112(137-80-12-8-4)76-52-92(96)84-108/h13-76,81-88H,77-80H2,1-4H3. The van der Waals surface area contributed by atoms with Crippen molar-refractivity contribution in [2.45, 2.75) is 54.8 Å². The molecule has 0 amide bonds. The van der Waals surface area contributed by atoms with Gasteiger partial charge in [-0.15, -0.1) is 23.7 Å². The second kappa shape index (κ2) is 33.9. The summed E-state index contributed by atoms with van der Waals surface area (Å²) in [4.78, 5) is 0. The van der Waals surface area contributed by atoms with Crippen molar-refractivity contribution in [3.8, 4) is 115 Å². The first-order valence-corrected chi connectivity index (χ1v) is 47.2. The molecule has 4 nitrogen and oxygen atoms in total. The molecule has 0 aromatic heterocycles. The van der Waals surface area contributed by atoms with Gasteiger partial charge in [0.1, 0.15) is 49.4 Å². The Balaban J connectivity index is 0.777. The highest BCUT2D eigenvalue weighted by atomic mass is 16.5. The molecule has 137 heavy (non-hydrogen) atoms. The van der Waals surface area contributed by atoms with Crippen molar-refractivity contribution in [2.75, 3.05) is 26.4 Å². The number of benzene rings is 20. The van der Waals surface area contributed by atoms with Crippen molar-refractivity contribution in [2.24, 2.45) is 0 Å². The Labute approximate surface area is 800 Å². The Morgan fingerprint density at radius 1 is 0.175 bits per heavy atom. The van der Waals surface area contributed by atoms with Crippen LogP contribution in [0.3, 0.4) is 0 Å². The van der Waals surface area contributed by atoms with Gasteiger partial charge in [-0.2, -0.15) is 0 Å². The van der Waals surface area contributed by atoms with Gasteiger partial charge in [-0.25, -0.2) is 0 Å². The fourth-order valence-corrected chi connectivity index (χ4v) is 23.9. The number of ether oxygens (including phenoxy) is 4. The molecule has 0 radical (unpaired) electrons. The number of hydrogen-bond acceptors (Lipinski definition) is 4. The molecule has 4 aliphatic carbocycles. The Hall–Kier alpha value is -17.1. The van der Waals surface area contributed by atoms with E-state index in [2.05, 4.69) is 484 Å². The lowest BCUT2D eigenvalue weighted by atomic mass is 9.61. The highest BCUT2D eigenvalue weighted by Crippen LogP contribution is 2.63. The van der Waals surface area contributed by atoms with Crippen molar-refractivity contribution < 1.29 is 18.9 Å². The van der Waals surface area contributed by atoms with Crippen LogP contribution in [-0.4, -0.2) is 26.4 Å². The zero-order chi connectivity index (χ0) is 91.8. The van der Waals surface area contributed by atoms with Gasteiger partial charge < -0.3 is 18.9 Å². The molecule has 0 heterocycles. The summed E-state index contributed by atoms with van der Waals surface area (Å²) in [5, 5.41) is 8.80. The van der Waals surface area contributed by atoms with Gasteiger partial charge in [-0.05, 0) is 299 Å². The minimum atomic E-state index is -1.10. The van der Waals surface area contributed by atoms with Gasteiger partial charge in [0.05, 0.1) is 27.1 Å². The fraction of sp³-hybridized carbons (Fsp3) is 0.0977. The second-order valence-corrected chi connectivity index (χ2v) is 36.2. The Morgan fingerprint density at radius 2 is 0.336 bits per heavy atom. The molecule has 4 heteroatoms. The summed E-state index contributed by atoms with van der Waals surface area (Å²) in [6.45, 7) is 8.66. The van der Waals surface area contributed by atoms with Crippen molar-refractivity contribution >= 4 is 43.1 Å². The monoisotopic (exact) mass is 1750 g/mol. The molecule has 20 aromatic carbocycles. The maximum atomic E-state index is 6.22. The zero-order valence-electron chi connectivity index (χ0n) is 76.5. The Kier molecular flexibility index (Phi) is 20.5. The highest BCUT2D eigenvalue weighted by molar-refractivity contribution is 5.96. The van der Waals surface area contributed by atoms with Crippen molar-refractivity contribution in [1.82, 2.24) is 0 Å². The van der Waals surface area contributed by atoms with E-state index in [0.717, 1.165) is 111 Å². The molecule has 0 saturated heterocycles. The normalized spacial score (nSPS) is 13.5. The van der Waals surface area contributed by atoms with Gasteiger partial charge in [0.15, 0.2) is 0 Å². The van der Waals surface area contributed by atoms with Gasteiger partial charge in [0, 0.05) is 0 Å². The first-order valence-electron chi connectivity index (χ1n) is 47.2. The first kappa shape index (κ1) is 83.0. The molecular formula is C133H92O4. The average molecular weight is 1750 g/mol. The van der Waals surface area contributed by atoms with E-state index in [9.17, 15) is 0 Å². The summed E-state index contributed by atoms with van der Waals surface area (Å²) in [7, 11) is 0. The fourth-order valence-electron chi connectivity index (χ4n) is 23.9. The zero-order valence-corrected chi connectivity index (χ0v) is 76.5. The molecule has 0 N–H and O–H groups in total. The van der Waals surface area contributed by atoms with Gasteiger partial charge in [0.2, 0.25) is 0 Å². The molecule has 0 spiro atoms. The quantitative estimate of drug-likeness (QED) is 0.0563. The van der Waals surface area contributed by atoms with Gasteiger partial charge in [-0.3, -0.25) is 0 Å². The van der Waals surface area contributed by atoms with E-state index < -0.39 is 27.1 Å². The summed E-state index contributed by atoms with van der Waals surface area (Å²) < 4.78 is 24.9. The minimum Gasteiger partial charge on any atom is -0.481 e. The summed E-state index contributed by atoms with van der Waals surface area (Å²) in [5.74, 6) is 27.5. The molecule has 648 valence electrons. The molecule has 0 saturated carbocycles. The lowest BCUT2D eigenvalue weighted by molar-refractivity contribution is 0.370. The van der Waals surface area contributed by atoms with E-state index in [-0.39, 0.29) is 0 Å². The molecule has 0 atom stereocenters. The van der Waals surface area contributed by atoms with Gasteiger partial charge in [0.25, 0.3) is 0 Å². The third kappa shape index (κ3) is 12.9. The van der Waals surface area contributed by atoms with E-state index in [4.69, 9.17) is 18.9 Å². The average Bonchev–Trinajstić information content (AvgIpc) is 1.57. The van der Waals surface area contributed by atoms with E-state index in [1.807, 2.05) is 27.7 Å². The van der Waals surface area contributed by atoms with Crippen molar-refractivity contribution in [3.05, 3.63) is 548 Å². The maximum Gasteiger partial charge on any atom is 0.149 e. The molecule has 0 fully saturated rings. The maximum absolute atomic E-state index is 6.22. The van der Waals surface area contributed by atoms with Crippen LogP contribution in [-0.2, 0) is 27.1 Å². The summed E-state index contributed by atoms with van der Waals surface area (Å²) >= 11 is 0. The van der Waals surface area contributed by atoms with Gasteiger partial charge >= 0.3 is 0 Å². The predicted molar refractivity (Wildman–Crippen MR) is 560 cm³/mol. The van der Waals surface area contributed by atoms with Gasteiger partial charge in [-0.1, -0.05) is 388 Å². The molecular weight excluding hydrogens is 1660 g/mol. The van der Waals surface area contributed by atoms with Crippen LogP contribution >= 0.6 is 0 Å². The van der Waals surface area contributed by atoms with Crippen LogP contribution in [0.15, 0.2) is 437 Å². The van der Waals surface area contributed by atoms with Crippen LogP contribution < -0.4 is 18.9 Å². The molecule has 20 aromatic rings. The molecule has 0 unspecified atom stereocenters. The topological polar surface area (TPSA) is 36.9 Å². The minimum absolute atomic E-state index is 0.317. The van der Waals surface area contributed by atoms with E-state index in [1.165, 1.54) is 111 Å². The van der Waals surface area contributed by atoms with Crippen LogP contribution in [0.2, 0.25) is 0 Å². The lowest BCUT2D eigenvalue weighted by Gasteiger charge is -2.40. The summed E-state index contributed by atoms with van der Waals surface area (Å²) in [5.41, 5.74) is 28.9. The molecule has 24 rings (SSSR count). The lowest BCUT2D eigenvalue weighted by Crippen LogP contribution is -2.34.